The maximum atomic E-state index is 12.4. The van der Waals surface area contributed by atoms with Crippen molar-refractivity contribution in [1.82, 2.24) is 4.90 Å². The van der Waals surface area contributed by atoms with E-state index in [2.05, 4.69) is 51.4 Å². The molecule has 1 heterocycles. The minimum absolute atomic E-state index is 0.357. The largest absolute Gasteiger partial charge is 0.342 e. The number of thioether (sulfide) groups is 1. The fraction of sp³-hybridized carbons (Fsp3) is 0.957. The van der Waals surface area contributed by atoms with Gasteiger partial charge in [0.1, 0.15) is 0 Å². The summed E-state index contributed by atoms with van der Waals surface area (Å²) >= 11 is 2.28. The molecule has 0 radical (unpaired) electrons. The number of hydrogen-bond donors (Lipinski definition) is 0. The van der Waals surface area contributed by atoms with Crippen molar-refractivity contribution in [3.8, 4) is 0 Å². The van der Waals surface area contributed by atoms with Crippen molar-refractivity contribution >= 4 is 17.7 Å². The average molecular weight is 378 g/mol. The molecule has 4 fully saturated rings. The Morgan fingerprint density at radius 2 is 1.85 bits per heavy atom. The number of carbonyl (C=O) groups excluding carboxylic acids is 1. The summed E-state index contributed by atoms with van der Waals surface area (Å²) in [5.41, 5.74) is 0.921. The number of fused-ring (bicyclic) bond motifs is 5. The van der Waals surface area contributed by atoms with E-state index in [9.17, 15) is 4.79 Å². The van der Waals surface area contributed by atoms with Gasteiger partial charge in [-0.05, 0) is 85.2 Å². The lowest BCUT2D eigenvalue weighted by atomic mass is 9.45. The van der Waals surface area contributed by atoms with Gasteiger partial charge in [0.25, 0.3) is 0 Å². The molecule has 0 aromatic heterocycles. The Kier molecular flexibility index (Phi) is 4.94. The normalized spacial score (nSPS) is 51.0. The third kappa shape index (κ3) is 2.62. The first-order valence-corrected chi connectivity index (χ1v) is 12.2. The summed E-state index contributed by atoms with van der Waals surface area (Å²) < 4.78 is 0. The van der Waals surface area contributed by atoms with E-state index >= 15 is 0 Å². The van der Waals surface area contributed by atoms with E-state index in [0.29, 0.717) is 22.8 Å². The highest BCUT2D eigenvalue weighted by atomic mass is 32.2. The van der Waals surface area contributed by atoms with Crippen LogP contribution in [-0.2, 0) is 4.79 Å². The molecular formula is C23H39NOS. The zero-order valence-corrected chi connectivity index (χ0v) is 18.4. The summed E-state index contributed by atoms with van der Waals surface area (Å²) in [6, 6.07) is 0.482. The maximum Gasteiger partial charge on any atom is 0.222 e. The van der Waals surface area contributed by atoms with Crippen molar-refractivity contribution in [2.75, 3.05) is 12.8 Å². The molecule has 0 aromatic carbocycles. The van der Waals surface area contributed by atoms with Crippen LogP contribution in [0.5, 0.6) is 0 Å². The van der Waals surface area contributed by atoms with Gasteiger partial charge in [-0.2, -0.15) is 11.8 Å². The van der Waals surface area contributed by atoms with Crippen molar-refractivity contribution < 1.29 is 4.79 Å². The lowest BCUT2D eigenvalue weighted by Gasteiger charge is -2.63. The molecule has 1 saturated heterocycles. The zero-order chi connectivity index (χ0) is 18.7. The number of likely N-dealkylation sites (tertiary alicyclic amines) is 1. The van der Waals surface area contributed by atoms with Crippen LogP contribution < -0.4 is 0 Å². The predicted molar refractivity (Wildman–Crippen MR) is 111 cm³/mol. The molecule has 26 heavy (non-hydrogen) atoms. The second kappa shape index (κ2) is 6.71. The number of rotatable bonds is 3. The van der Waals surface area contributed by atoms with Gasteiger partial charge in [0.15, 0.2) is 0 Å². The standard InChI is InChI=1S/C23H39NOS/c1-6-13-26-19-8-7-16-21-15(2)14-18-22(3,12-10-20(25)24(18)5)17(21)9-11-23(16,19)4/h15-19,21H,6-14H2,1-5H3/t15?,16-,17+,18?,19?,21-,22+,23-/m0/s1. The SMILES string of the molecule is CCCSC1CC[C@H]2[C@@H]3C(C)CC4N(C)C(=O)CC[C@]4(C)[C@@H]3CC[C@]12C. The highest BCUT2D eigenvalue weighted by molar-refractivity contribution is 7.99. The van der Waals surface area contributed by atoms with Gasteiger partial charge in [0, 0.05) is 24.8 Å². The Morgan fingerprint density at radius 3 is 2.58 bits per heavy atom. The Labute approximate surface area is 165 Å². The van der Waals surface area contributed by atoms with Gasteiger partial charge in [-0.25, -0.2) is 0 Å². The molecule has 0 bridgehead atoms. The van der Waals surface area contributed by atoms with Crippen LogP contribution in [-0.4, -0.2) is 34.9 Å². The Bertz CT molecular complexity index is 564. The van der Waals surface area contributed by atoms with Crippen LogP contribution in [0.2, 0.25) is 0 Å². The Morgan fingerprint density at radius 1 is 1.12 bits per heavy atom. The summed E-state index contributed by atoms with van der Waals surface area (Å²) in [6.07, 6.45) is 10.2. The lowest BCUT2D eigenvalue weighted by Crippen LogP contribution is -2.63. The highest BCUT2D eigenvalue weighted by Gasteiger charge is 2.62. The summed E-state index contributed by atoms with van der Waals surface area (Å²) in [5.74, 6) is 5.14. The third-order valence-electron chi connectivity index (χ3n) is 9.37. The number of nitrogens with zero attached hydrogens (tertiary/aromatic N) is 1. The van der Waals surface area contributed by atoms with Gasteiger partial charge < -0.3 is 4.90 Å². The maximum absolute atomic E-state index is 12.4. The first-order chi connectivity index (χ1) is 12.3. The molecule has 3 aliphatic carbocycles. The highest BCUT2D eigenvalue weighted by Crippen LogP contribution is 2.67. The van der Waals surface area contributed by atoms with Gasteiger partial charge >= 0.3 is 0 Å². The Hall–Kier alpha value is -0.180. The molecule has 3 heteroatoms. The van der Waals surface area contributed by atoms with Crippen LogP contribution in [0.3, 0.4) is 0 Å². The smallest absolute Gasteiger partial charge is 0.222 e. The molecule has 1 amide bonds. The van der Waals surface area contributed by atoms with Crippen molar-refractivity contribution in [2.24, 2.45) is 34.5 Å². The summed E-state index contributed by atoms with van der Waals surface area (Å²) in [4.78, 5) is 14.5. The molecular weight excluding hydrogens is 338 g/mol. The van der Waals surface area contributed by atoms with Crippen LogP contribution in [0, 0.1) is 34.5 Å². The molecule has 0 aromatic rings. The van der Waals surface area contributed by atoms with Crippen LogP contribution in [0.25, 0.3) is 0 Å². The topological polar surface area (TPSA) is 20.3 Å². The number of piperidine rings is 1. The predicted octanol–water partition coefficient (Wildman–Crippen LogP) is 5.61. The molecule has 1 aliphatic heterocycles. The minimum Gasteiger partial charge on any atom is -0.342 e. The lowest BCUT2D eigenvalue weighted by molar-refractivity contribution is -0.164. The second-order valence-electron chi connectivity index (χ2n) is 10.5. The second-order valence-corrected chi connectivity index (χ2v) is 11.8. The summed E-state index contributed by atoms with van der Waals surface area (Å²) in [5, 5.41) is 0.890. The monoisotopic (exact) mass is 377 g/mol. The Balaban J connectivity index is 1.62. The molecule has 8 atom stereocenters. The van der Waals surface area contributed by atoms with Crippen molar-refractivity contribution in [3.63, 3.8) is 0 Å². The first kappa shape index (κ1) is 19.2. The summed E-state index contributed by atoms with van der Waals surface area (Å²) in [7, 11) is 2.08. The van der Waals surface area contributed by atoms with Crippen LogP contribution >= 0.6 is 11.8 Å². The van der Waals surface area contributed by atoms with Gasteiger partial charge in [-0.3, -0.25) is 4.79 Å². The van der Waals surface area contributed by atoms with E-state index < -0.39 is 0 Å². The van der Waals surface area contributed by atoms with Crippen LogP contribution in [0.4, 0.5) is 0 Å². The van der Waals surface area contributed by atoms with Crippen LogP contribution in [0.1, 0.15) is 79.1 Å². The van der Waals surface area contributed by atoms with Gasteiger partial charge in [0.2, 0.25) is 5.91 Å². The van der Waals surface area contributed by atoms with Crippen molar-refractivity contribution in [1.29, 1.82) is 0 Å². The van der Waals surface area contributed by atoms with Crippen molar-refractivity contribution in [2.45, 2.75) is 90.4 Å². The van der Waals surface area contributed by atoms with Crippen LogP contribution in [0.15, 0.2) is 0 Å². The summed E-state index contributed by atoms with van der Waals surface area (Å²) in [6.45, 7) is 10.0. The fourth-order valence-corrected chi connectivity index (χ4v) is 9.44. The quantitative estimate of drug-likeness (QED) is 0.637. The van der Waals surface area contributed by atoms with E-state index in [0.717, 1.165) is 41.8 Å². The van der Waals surface area contributed by atoms with E-state index in [4.69, 9.17) is 0 Å². The van der Waals surface area contributed by atoms with E-state index in [1.807, 2.05) is 0 Å². The fourth-order valence-electron chi connectivity index (χ4n) is 7.95. The molecule has 0 spiro atoms. The van der Waals surface area contributed by atoms with Gasteiger partial charge in [-0.15, -0.1) is 0 Å². The third-order valence-corrected chi connectivity index (χ3v) is 11.2. The average Bonchev–Trinajstić information content (AvgIpc) is 2.95. The zero-order valence-electron chi connectivity index (χ0n) is 17.6. The number of hydrogen-bond acceptors (Lipinski definition) is 2. The molecule has 3 unspecified atom stereocenters. The van der Waals surface area contributed by atoms with Gasteiger partial charge in [0.05, 0.1) is 0 Å². The molecule has 0 N–H and O–H groups in total. The molecule has 2 nitrogen and oxygen atoms in total. The first-order valence-electron chi connectivity index (χ1n) is 11.2. The minimum atomic E-state index is 0.357. The van der Waals surface area contributed by atoms with E-state index in [1.165, 1.54) is 44.3 Å². The van der Waals surface area contributed by atoms with Gasteiger partial charge in [-0.1, -0.05) is 27.7 Å². The molecule has 4 rings (SSSR count). The molecule has 3 saturated carbocycles. The number of amides is 1. The van der Waals surface area contributed by atoms with E-state index in [1.54, 1.807) is 0 Å². The molecule has 148 valence electrons. The number of carbonyl (C=O) groups is 1. The molecule has 4 aliphatic rings. The van der Waals surface area contributed by atoms with Crippen molar-refractivity contribution in [3.05, 3.63) is 0 Å². The van der Waals surface area contributed by atoms with E-state index in [-0.39, 0.29) is 0 Å².